The number of carboxylic acids is 1. The highest BCUT2D eigenvalue weighted by atomic mass is 32.1. The Hall–Kier alpha value is -1.36. The van der Waals surface area contributed by atoms with Crippen molar-refractivity contribution in [1.82, 2.24) is 4.98 Å². The van der Waals surface area contributed by atoms with Crippen LogP contribution in [0.3, 0.4) is 0 Å². The predicted octanol–water partition coefficient (Wildman–Crippen LogP) is 2.54. The van der Waals surface area contributed by atoms with Gasteiger partial charge in [0.2, 0.25) is 0 Å². The van der Waals surface area contributed by atoms with E-state index >= 15 is 0 Å². The third kappa shape index (κ3) is 3.06. The minimum absolute atomic E-state index is 0.910. The summed E-state index contributed by atoms with van der Waals surface area (Å²) in [4.78, 5) is 18.2. The van der Waals surface area contributed by atoms with Gasteiger partial charge in [-0.15, -0.1) is 0 Å². The van der Waals surface area contributed by atoms with Crippen molar-refractivity contribution in [3.05, 3.63) is 16.6 Å². The maximum absolute atomic E-state index is 10.5. The molecular formula is C12H16N2O2S. The summed E-state index contributed by atoms with van der Waals surface area (Å²) in [5.74, 6) is -0.919. The lowest BCUT2D eigenvalue weighted by molar-refractivity contribution is -0.131. The quantitative estimate of drug-likeness (QED) is 0.840. The van der Waals surface area contributed by atoms with Gasteiger partial charge in [-0.2, -0.15) is 0 Å². The molecule has 0 bridgehead atoms. The van der Waals surface area contributed by atoms with Gasteiger partial charge in [0.05, 0.1) is 10.6 Å². The van der Waals surface area contributed by atoms with Crippen molar-refractivity contribution in [1.29, 1.82) is 0 Å². The normalized spacial score (nSPS) is 16.6. The summed E-state index contributed by atoms with van der Waals surface area (Å²) in [7, 11) is 0. The van der Waals surface area contributed by atoms with Crippen molar-refractivity contribution in [3.63, 3.8) is 0 Å². The molecule has 5 heteroatoms. The molecule has 0 aromatic carbocycles. The van der Waals surface area contributed by atoms with Crippen LogP contribution in [0.2, 0.25) is 0 Å². The summed E-state index contributed by atoms with van der Waals surface area (Å²) in [6, 6.07) is 0. The van der Waals surface area contributed by atoms with E-state index in [0.717, 1.165) is 28.8 Å². The molecule has 92 valence electrons. The average Bonchev–Trinajstić information content (AvgIpc) is 2.69. The molecule has 0 unspecified atom stereocenters. The summed E-state index contributed by atoms with van der Waals surface area (Å²) in [5.41, 5.74) is 0.910. The zero-order chi connectivity index (χ0) is 12.3. The fourth-order valence-corrected chi connectivity index (χ4v) is 2.94. The largest absolute Gasteiger partial charge is 0.478 e. The van der Waals surface area contributed by atoms with E-state index in [9.17, 15) is 4.79 Å². The Morgan fingerprint density at radius 1 is 1.41 bits per heavy atom. The Kier molecular flexibility index (Phi) is 3.78. The maximum atomic E-state index is 10.5. The number of thiazole rings is 1. The fourth-order valence-electron chi connectivity index (χ4n) is 1.92. The first-order valence-electron chi connectivity index (χ1n) is 5.80. The molecule has 0 spiro atoms. The van der Waals surface area contributed by atoms with Gasteiger partial charge < -0.3 is 10.0 Å². The maximum Gasteiger partial charge on any atom is 0.328 e. The van der Waals surface area contributed by atoms with Crippen LogP contribution in [0.4, 0.5) is 5.13 Å². The molecule has 0 aliphatic carbocycles. The number of anilines is 1. The van der Waals surface area contributed by atoms with E-state index in [4.69, 9.17) is 5.11 Å². The van der Waals surface area contributed by atoms with Crippen LogP contribution >= 0.6 is 11.3 Å². The molecule has 0 saturated carbocycles. The molecule has 1 aliphatic rings. The fraction of sp³-hybridized carbons (Fsp3) is 0.500. The zero-order valence-corrected chi connectivity index (χ0v) is 10.7. The highest BCUT2D eigenvalue weighted by Gasteiger charge is 2.15. The molecule has 17 heavy (non-hydrogen) atoms. The van der Waals surface area contributed by atoms with Crippen molar-refractivity contribution < 1.29 is 9.90 Å². The zero-order valence-electron chi connectivity index (χ0n) is 9.85. The first-order valence-corrected chi connectivity index (χ1v) is 6.62. The van der Waals surface area contributed by atoms with E-state index in [-0.39, 0.29) is 0 Å². The second kappa shape index (κ2) is 5.31. The first kappa shape index (κ1) is 12.1. The van der Waals surface area contributed by atoms with Gasteiger partial charge >= 0.3 is 5.97 Å². The Bertz CT molecular complexity index is 434. The summed E-state index contributed by atoms with van der Waals surface area (Å²) in [6.07, 6.45) is 6.54. The van der Waals surface area contributed by atoms with Crippen LogP contribution in [0.15, 0.2) is 6.08 Å². The third-order valence-electron chi connectivity index (χ3n) is 2.83. The third-order valence-corrected chi connectivity index (χ3v) is 4.01. The van der Waals surface area contributed by atoms with Crippen LogP contribution in [0.5, 0.6) is 0 Å². The lowest BCUT2D eigenvalue weighted by atomic mass is 10.1. The number of hydrogen-bond donors (Lipinski definition) is 1. The summed E-state index contributed by atoms with van der Waals surface area (Å²) in [6.45, 7) is 4.05. The number of aliphatic carboxylic acids is 1. The Morgan fingerprint density at radius 2 is 2.12 bits per heavy atom. The average molecular weight is 252 g/mol. The first-order chi connectivity index (χ1) is 8.16. The van der Waals surface area contributed by atoms with Crippen LogP contribution in [-0.2, 0) is 4.79 Å². The molecule has 1 fully saturated rings. The predicted molar refractivity (Wildman–Crippen MR) is 69.6 cm³/mol. The van der Waals surface area contributed by atoms with Crippen LogP contribution < -0.4 is 4.90 Å². The lowest BCUT2D eigenvalue weighted by Crippen LogP contribution is -2.29. The molecule has 1 saturated heterocycles. The summed E-state index contributed by atoms with van der Waals surface area (Å²) in [5, 5.41) is 9.63. The van der Waals surface area contributed by atoms with Crippen LogP contribution in [0.25, 0.3) is 6.08 Å². The van der Waals surface area contributed by atoms with Gasteiger partial charge in [0.15, 0.2) is 5.13 Å². The molecule has 0 amide bonds. The van der Waals surface area contributed by atoms with Crippen molar-refractivity contribution in [2.24, 2.45) is 0 Å². The molecule has 4 nitrogen and oxygen atoms in total. The van der Waals surface area contributed by atoms with Gasteiger partial charge in [-0.25, -0.2) is 9.78 Å². The van der Waals surface area contributed by atoms with Crippen molar-refractivity contribution in [2.75, 3.05) is 18.0 Å². The second-order valence-corrected chi connectivity index (χ2v) is 5.17. The molecule has 1 aliphatic heterocycles. The smallest absolute Gasteiger partial charge is 0.328 e. The molecule has 0 radical (unpaired) electrons. The highest BCUT2D eigenvalue weighted by molar-refractivity contribution is 7.16. The molecule has 0 atom stereocenters. The lowest BCUT2D eigenvalue weighted by Gasteiger charge is -2.25. The highest BCUT2D eigenvalue weighted by Crippen LogP contribution is 2.29. The van der Waals surface area contributed by atoms with Crippen molar-refractivity contribution in [3.8, 4) is 0 Å². The van der Waals surface area contributed by atoms with Crippen molar-refractivity contribution in [2.45, 2.75) is 26.2 Å². The minimum atomic E-state index is -0.919. The number of rotatable bonds is 3. The van der Waals surface area contributed by atoms with Gasteiger partial charge in [0, 0.05) is 19.2 Å². The van der Waals surface area contributed by atoms with Gasteiger partial charge in [0.1, 0.15) is 0 Å². The monoisotopic (exact) mass is 252 g/mol. The number of aromatic nitrogens is 1. The number of hydrogen-bond acceptors (Lipinski definition) is 4. The van der Waals surface area contributed by atoms with E-state index in [0.29, 0.717) is 0 Å². The summed E-state index contributed by atoms with van der Waals surface area (Å²) >= 11 is 1.57. The number of carboxylic acid groups (broad SMARTS) is 1. The number of piperidine rings is 1. The van der Waals surface area contributed by atoms with E-state index in [1.807, 2.05) is 6.92 Å². The van der Waals surface area contributed by atoms with Crippen LogP contribution in [0, 0.1) is 6.92 Å². The molecule has 2 heterocycles. The molecule has 1 N–H and O–H groups in total. The van der Waals surface area contributed by atoms with E-state index in [1.54, 1.807) is 17.4 Å². The van der Waals surface area contributed by atoms with Crippen LogP contribution in [-0.4, -0.2) is 29.1 Å². The van der Waals surface area contributed by atoms with Crippen LogP contribution in [0.1, 0.15) is 29.8 Å². The SMILES string of the molecule is Cc1nc(N2CCCCC2)sc1/C=C/C(=O)O. The molecule has 1 aromatic heterocycles. The van der Waals surface area contributed by atoms with Crippen molar-refractivity contribution >= 4 is 28.5 Å². The topological polar surface area (TPSA) is 53.4 Å². The van der Waals surface area contributed by atoms with Gasteiger partial charge in [-0.05, 0) is 32.3 Å². The van der Waals surface area contributed by atoms with E-state index in [2.05, 4.69) is 9.88 Å². The number of carbonyl (C=O) groups is 1. The Morgan fingerprint density at radius 3 is 2.76 bits per heavy atom. The number of aryl methyl sites for hydroxylation is 1. The molecule has 2 rings (SSSR count). The molecule has 1 aromatic rings. The summed E-state index contributed by atoms with van der Waals surface area (Å²) < 4.78 is 0. The van der Waals surface area contributed by atoms with Gasteiger partial charge in [-0.3, -0.25) is 0 Å². The minimum Gasteiger partial charge on any atom is -0.478 e. The van der Waals surface area contributed by atoms with E-state index in [1.165, 1.54) is 25.3 Å². The van der Waals surface area contributed by atoms with E-state index < -0.39 is 5.97 Å². The Labute approximate surface area is 105 Å². The Balaban J connectivity index is 2.14. The van der Waals surface area contributed by atoms with Gasteiger partial charge in [-0.1, -0.05) is 11.3 Å². The molecular weight excluding hydrogens is 236 g/mol. The second-order valence-electron chi connectivity index (χ2n) is 4.17. The number of nitrogens with zero attached hydrogens (tertiary/aromatic N) is 2. The van der Waals surface area contributed by atoms with Gasteiger partial charge in [0.25, 0.3) is 0 Å². The standard InChI is InChI=1S/C12H16N2O2S/c1-9-10(5-6-11(15)16)17-12(13-9)14-7-3-2-4-8-14/h5-6H,2-4,7-8H2,1H3,(H,15,16)/b6-5+.